The minimum Gasteiger partial charge on any atom is -0.488 e. The molecular weight excluding hydrogens is 456 g/mol. The third-order valence-electron chi connectivity index (χ3n) is 6.82. The summed E-state index contributed by atoms with van der Waals surface area (Å²) in [5, 5.41) is 13.8. The van der Waals surface area contributed by atoms with E-state index >= 15 is 0 Å². The molecule has 1 aliphatic heterocycles. The number of nitrogens with one attached hydrogen (secondary N) is 1. The molecule has 0 spiro atoms. The first kappa shape index (κ1) is 25.7. The number of aromatic nitrogens is 1. The molecule has 2 aromatic carbocycles. The Bertz CT molecular complexity index is 1250. The lowest BCUT2D eigenvalue weighted by Crippen LogP contribution is -2.49. The van der Waals surface area contributed by atoms with Gasteiger partial charge >= 0.3 is 0 Å². The SMILES string of the molecule is C[C@@H]1CN([C@H](C)CO)C(=O)c2cc(NC(=O)Cc3cn(C)c4ccccc34)ccc2O[C@@H]1CN(C)C. The molecule has 0 fully saturated rings. The third-order valence-corrected chi connectivity index (χ3v) is 6.82. The van der Waals surface area contributed by atoms with E-state index in [1.165, 1.54) is 0 Å². The smallest absolute Gasteiger partial charge is 0.258 e. The molecule has 36 heavy (non-hydrogen) atoms. The van der Waals surface area contributed by atoms with Crippen LogP contribution in [0.5, 0.6) is 5.75 Å². The number of para-hydroxylation sites is 1. The lowest BCUT2D eigenvalue weighted by Gasteiger charge is -2.37. The second-order valence-electron chi connectivity index (χ2n) is 10.1. The molecule has 0 unspecified atom stereocenters. The first-order valence-corrected chi connectivity index (χ1v) is 12.4. The molecule has 8 heteroatoms. The number of hydrogen-bond acceptors (Lipinski definition) is 5. The van der Waals surface area contributed by atoms with Gasteiger partial charge in [0, 0.05) is 48.8 Å². The zero-order valence-corrected chi connectivity index (χ0v) is 21.7. The number of rotatable bonds is 7. The second kappa shape index (κ2) is 10.7. The van der Waals surface area contributed by atoms with Gasteiger partial charge in [-0.05, 0) is 50.8 Å². The number of aryl methyl sites for hydroxylation is 1. The third kappa shape index (κ3) is 5.39. The van der Waals surface area contributed by atoms with Crippen LogP contribution in [-0.2, 0) is 18.3 Å². The van der Waals surface area contributed by atoms with E-state index in [0.29, 0.717) is 30.1 Å². The van der Waals surface area contributed by atoms with Crippen LogP contribution >= 0.6 is 0 Å². The van der Waals surface area contributed by atoms with Gasteiger partial charge in [0.05, 0.1) is 24.6 Å². The number of aliphatic hydroxyl groups excluding tert-OH is 1. The summed E-state index contributed by atoms with van der Waals surface area (Å²) in [7, 11) is 5.95. The van der Waals surface area contributed by atoms with Gasteiger partial charge in [-0.1, -0.05) is 25.1 Å². The summed E-state index contributed by atoms with van der Waals surface area (Å²) in [6.07, 6.45) is 2.06. The molecular formula is C28H36N4O4. The van der Waals surface area contributed by atoms with Gasteiger partial charge in [-0.25, -0.2) is 0 Å². The van der Waals surface area contributed by atoms with Gasteiger partial charge in [0.1, 0.15) is 11.9 Å². The molecule has 3 aromatic rings. The molecule has 2 N–H and O–H groups in total. The van der Waals surface area contributed by atoms with Gasteiger partial charge in [0.2, 0.25) is 5.91 Å². The van der Waals surface area contributed by atoms with Crippen LogP contribution in [-0.4, -0.2) is 77.2 Å². The summed E-state index contributed by atoms with van der Waals surface area (Å²) < 4.78 is 8.35. The highest BCUT2D eigenvalue weighted by Gasteiger charge is 2.33. The van der Waals surface area contributed by atoms with E-state index in [0.717, 1.165) is 16.5 Å². The van der Waals surface area contributed by atoms with Crippen LogP contribution in [0.3, 0.4) is 0 Å². The normalized spacial score (nSPS) is 19.0. The van der Waals surface area contributed by atoms with Gasteiger partial charge in [-0.3, -0.25) is 9.59 Å². The minimum atomic E-state index is -0.337. The number of anilines is 1. The molecule has 2 amide bonds. The van der Waals surface area contributed by atoms with Gasteiger partial charge in [-0.15, -0.1) is 0 Å². The van der Waals surface area contributed by atoms with Crippen molar-refractivity contribution in [3.8, 4) is 5.75 Å². The van der Waals surface area contributed by atoms with Crippen LogP contribution in [0.15, 0.2) is 48.7 Å². The molecule has 0 bridgehead atoms. The summed E-state index contributed by atoms with van der Waals surface area (Å²) in [5.74, 6) is 0.177. The largest absolute Gasteiger partial charge is 0.488 e. The van der Waals surface area contributed by atoms with Crippen molar-refractivity contribution in [2.45, 2.75) is 32.4 Å². The van der Waals surface area contributed by atoms with Crippen LogP contribution in [0.2, 0.25) is 0 Å². The molecule has 0 saturated heterocycles. The topological polar surface area (TPSA) is 87.0 Å². The fourth-order valence-corrected chi connectivity index (χ4v) is 4.82. The van der Waals surface area contributed by atoms with Crippen LogP contribution in [0.25, 0.3) is 10.9 Å². The molecule has 3 atom stereocenters. The van der Waals surface area contributed by atoms with Gasteiger partial charge in [0.15, 0.2) is 0 Å². The Morgan fingerprint density at radius 3 is 2.72 bits per heavy atom. The molecule has 192 valence electrons. The number of carbonyl (C=O) groups excluding carboxylic acids is 2. The average Bonchev–Trinajstić information content (AvgIpc) is 3.16. The number of nitrogens with zero attached hydrogens (tertiary/aromatic N) is 3. The highest BCUT2D eigenvalue weighted by Crippen LogP contribution is 2.31. The summed E-state index contributed by atoms with van der Waals surface area (Å²) in [6, 6.07) is 12.9. The Balaban J connectivity index is 1.60. The van der Waals surface area contributed by atoms with Crippen molar-refractivity contribution in [3.63, 3.8) is 0 Å². The molecule has 4 rings (SSSR count). The second-order valence-corrected chi connectivity index (χ2v) is 10.1. The summed E-state index contributed by atoms with van der Waals surface area (Å²) in [6.45, 7) is 4.93. The van der Waals surface area contributed by atoms with Crippen LogP contribution < -0.4 is 10.1 Å². The zero-order chi connectivity index (χ0) is 26.0. The Hall–Kier alpha value is -3.36. The number of fused-ring (bicyclic) bond motifs is 2. The fraction of sp³-hybridized carbons (Fsp3) is 0.429. The molecule has 0 saturated carbocycles. The van der Waals surface area contributed by atoms with Crippen molar-refractivity contribution >= 4 is 28.4 Å². The predicted molar refractivity (Wildman–Crippen MR) is 141 cm³/mol. The van der Waals surface area contributed by atoms with Crippen molar-refractivity contribution in [3.05, 3.63) is 59.8 Å². The van der Waals surface area contributed by atoms with Gasteiger partial charge in [-0.2, -0.15) is 0 Å². The van der Waals surface area contributed by atoms with Gasteiger partial charge < -0.3 is 29.5 Å². The van der Waals surface area contributed by atoms with Crippen molar-refractivity contribution in [1.29, 1.82) is 0 Å². The van der Waals surface area contributed by atoms with E-state index in [-0.39, 0.29) is 42.9 Å². The molecule has 2 heterocycles. The number of likely N-dealkylation sites (N-methyl/N-ethyl adjacent to an activating group) is 1. The molecule has 0 aliphatic carbocycles. The molecule has 8 nitrogen and oxygen atoms in total. The van der Waals surface area contributed by atoms with E-state index in [2.05, 4.69) is 17.1 Å². The average molecular weight is 493 g/mol. The number of aliphatic hydroxyl groups is 1. The number of hydrogen-bond donors (Lipinski definition) is 2. The molecule has 1 aliphatic rings. The summed E-state index contributed by atoms with van der Waals surface area (Å²) in [5.41, 5.74) is 2.93. The standard InChI is InChI=1S/C28H36N4O4/c1-18-14-32(19(2)17-33)28(35)23-13-21(10-11-25(23)36-26(18)16-30(3)4)29-27(34)12-20-15-31(5)24-9-7-6-8-22(20)24/h6-11,13,15,18-19,26,33H,12,14,16-17H2,1-5H3,(H,29,34)/t18-,19-,26-/m1/s1. The minimum absolute atomic E-state index is 0.0681. The number of ether oxygens (including phenoxy) is 1. The highest BCUT2D eigenvalue weighted by atomic mass is 16.5. The monoisotopic (exact) mass is 492 g/mol. The van der Waals surface area contributed by atoms with E-state index in [4.69, 9.17) is 4.74 Å². The van der Waals surface area contributed by atoms with Crippen molar-refractivity contribution in [2.75, 3.05) is 39.1 Å². The summed E-state index contributed by atoms with van der Waals surface area (Å²) >= 11 is 0. The van der Waals surface area contributed by atoms with E-state index < -0.39 is 0 Å². The maximum Gasteiger partial charge on any atom is 0.258 e. The van der Waals surface area contributed by atoms with Gasteiger partial charge in [0.25, 0.3) is 5.91 Å². The lowest BCUT2D eigenvalue weighted by molar-refractivity contribution is -0.115. The molecule has 0 radical (unpaired) electrons. The van der Waals surface area contributed by atoms with E-state index in [9.17, 15) is 14.7 Å². The molecule has 1 aromatic heterocycles. The first-order chi connectivity index (χ1) is 17.2. The lowest BCUT2D eigenvalue weighted by atomic mass is 9.99. The number of carbonyl (C=O) groups is 2. The Labute approximate surface area is 212 Å². The highest BCUT2D eigenvalue weighted by molar-refractivity contribution is 6.00. The Morgan fingerprint density at radius 1 is 1.25 bits per heavy atom. The maximum absolute atomic E-state index is 13.6. The maximum atomic E-state index is 13.6. The van der Waals surface area contributed by atoms with Crippen molar-refractivity contribution in [2.24, 2.45) is 13.0 Å². The Kier molecular flexibility index (Phi) is 7.66. The van der Waals surface area contributed by atoms with E-state index in [1.54, 1.807) is 23.1 Å². The van der Waals surface area contributed by atoms with Crippen LogP contribution in [0.4, 0.5) is 5.69 Å². The summed E-state index contributed by atoms with van der Waals surface area (Å²) in [4.78, 5) is 30.3. The quantitative estimate of drug-likeness (QED) is 0.529. The predicted octanol–water partition coefficient (Wildman–Crippen LogP) is 3.14. The van der Waals surface area contributed by atoms with E-state index in [1.807, 2.05) is 63.1 Å². The van der Waals surface area contributed by atoms with Crippen LogP contribution in [0, 0.1) is 5.92 Å². The fourth-order valence-electron chi connectivity index (χ4n) is 4.82. The zero-order valence-electron chi connectivity index (χ0n) is 21.7. The Morgan fingerprint density at radius 2 is 2.00 bits per heavy atom. The first-order valence-electron chi connectivity index (χ1n) is 12.4. The number of amides is 2. The number of benzene rings is 2. The van der Waals surface area contributed by atoms with Crippen molar-refractivity contribution in [1.82, 2.24) is 14.4 Å². The van der Waals surface area contributed by atoms with Crippen molar-refractivity contribution < 1.29 is 19.4 Å². The van der Waals surface area contributed by atoms with Crippen LogP contribution in [0.1, 0.15) is 29.8 Å².